The van der Waals surface area contributed by atoms with Crippen LogP contribution in [-0.2, 0) is 19.1 Å². The highest BCUT2D eigenvalue weighted by atomic mass is 16.6. The molecule has 0 radical (unpaired) electrons. The number of nitrogens with zero attached hydrogens (tertiary/aromatic N) is 4. The maximum atomic E-state index is 14.2. The van der Waals surface area contributed by atoms with Crippen molar-refractivity contribution in [3.8, 4) is 0 Å². The molecule has 0 aromatic heterocycles. The number of hydrogen-bond donors (Lipinski definition) is 1. The lowest BCUT2D eigenvalue weighted by atomic mass is 9.75. The molecule has 3 aromatic carbocycles. The Bertz CT molecular complexity index is 1710. The van der Waals surface area contributed by atoms with Crippen LogP contribution >= 0.6 is 0 Å². The van der Waals surface area contributed by atoms with Crippen molar-refractivity contribution in [3.63, 3.8) is 0 Å². The van der Waals surface area contributed by atoms with Gasteiger partial charge in [0, 0.05) is 61.2 Å². The number of esters is 1. The van der Waals surface area contributed by atoms with Gasteiger partial charge in [-0.2, -0.15) is 0 Å². The van der Waals surface area contributed by atoms with Crippen molar-refractivity contribution in [2.24, 2.45) is 16.8 Å². The molecule has 1 saturated heterocycles. The van der Waals surface area contributed by atoms with E-state index in [4.69, 9.17) is 4.74 Å². The number of nitrogens with one attached hydrogen (secondary N) is 1. The van der Waals surface area contributed by atoms with Crippen LogP contribution in [0.3, 0.4) is 0 Å². The van der Waals surface area contributed by atoms with E-state index in [0.29, 0.717) is 43.2 Å². The van der Waals surface area contributed by atoms with Crippen LogP contribution in [0.5, 0.6) is 0 Å². The third-order valence-corrected chi connectivity index (χ3v) is 9.41. The maximum absolute atomic E-state index is 14.2. The summed E-state index contributed by atoms with van der Waals surface area (Å²) in [4.78, 5) is 61.3. The Morgan fingerprint density at radius 3 is 2.02 bits per heavy atom. The average Bonchev–Trinajstić information content (AvgIpc) is 3.11. The van der Waals surface area contributed by atoms with Crippen LogP contribution in [0.1, 0.15) is 56.3 Å². The number of methoxy groups -OCH3 is 1. The topological polar surface area (TPSA) is 134 Å². The summed E-state index contributed by atoms with van der Waals surface area (Å²) in [6, 6.07) is 25.7. The first-order chi connectivity index (χ1) is 23.5. The van der Waals surface area contributed by atoms with Crippen molar-refractivity contribution >= 4 is 29.2 Å². The van der Waals surface area contributed by atoms with Gasteiger partial charge in [0.2, 0.25) is 11.8 Å². The summed E-state index contributed by atoms with van der Waals surface area (Å²) in [7, 11) is 1.25. The molecular formula is C38H43N5O6. The highest BCUT2D eigenvalue weighted by molar-refractivity contribution is 6.08. The van der Waals surface area contributed by atoms with Crippen molar-refractivity contribution < 1.29 is 24.0 Å². The maximum Gasteiger partial charge on any atom is 0.315 e. The van der Waals surface area contributed by atoms with Gasteiger partial charge < -0.3 is 15.0 Å². The molecule has 0 spiro atoms. The summed E-state index contributed by atoms with van der Waals surface area (Å²) in [6.45, 7) is 9.35. The van der Waals surface area contributed by atoms with Gasteiger partial charge in [0.25, 0.3) is 5.69 Å². The molecule has 0 saturated carbocycles. The molecule has 3 aromatic rings. The standard InChI is InChI=1S/C38H43N5O6/c1-24(2)34(37(45)42-21-19-41(20-22-42)35(27-13-8-6-9-14-27)28-15-10-7-11-16-28)40-36(44)31-25(3)39-26(4)32(38(46)49-5)33(31)29-17-12-18-30(23-29)43(47)48/h6-18,23-24,32-35H,19-22H2,1-5H3,(H,40,44). The minimum Gasteiger partial charge on any atom is -0.468 e. The van der Waals surface area contributed by atoms with Crippen LogP contribution < -0.4 is 5.32 Å². The van der Waals surface area contributed by atoms with Gasteiger partial charge >= 0.3 is 5.97 Å². The minimum absolute atomic E-state index is 0.0407. The second-order valence-corrected chi connectivity index (χ2v) is 12.9. The molecule has 5 rings (SSSR count). The highest BCUT2D eigenvalue weighted by Crippen LogP contribution is 2.40. The molecule has 1 N–H and O–H groups in total. The van der Waals surface area contributed by atoms with Gasteiger partial charge in [0.15, 0.2) is 0 Å². The molecule has 11 nitrogen and oxygen atoms in total. The molecular weight excluding hydrogens is 622 g/mol. The van der Waals surface area contributed by atoms with Gasteiger partial charge in [-0.05, 0) is 36.5 Å². The van der Waals surface area contributed by atoms with Gasteiger partial charge in [-0.15, -0.1) is 0 Å². The third-order valence-electron chi connectivity index (χ3n) is 9.41. The van der Waals surface area contributed by atoms with Gasteiger partial charge in [0.05, 0.1) is 18.1 Å². The predicted octanol–water partition coefficient (Wildman–Crippen LogP) is 5.29. The smallest absolute Gasteiger partial charge is 0.315 e. The quantitative estimate of drug-likeness (QED) is 0.177. The normalized spacial score (nSPS) is 19.0. The summed E-state index contributed by atoms with van der Waals surface area (Å²) >= 11 is 0. The van der Waals surface area contributed by atoms with Crippen LogP contribution in [-0.4, -0.2) is 77.5 Å². The Hall–Kier alpha value is -5.16. The number of carbonyl (C=O) groups is 3. The molecule has 49 heavy (non-hydrogen) atoms. The first-order valence-corrected chi connectivity index (χ1v) is 16.5. The second-order valence-electron chi connectivity index (χ2n) is 12.9. The van der Waals surface area contributed by atoms with Gasteiger partial charge in [-0.3, -0.25) is 34.4 Å². The average molecular weight is 666 g/mol. The van der Waals surface area contributed by atoms with E-state index in [2.05, 4.69) is 39.5 Å². The fourth-order valence-corrected chi connectivity index (χ4v) is 6.97. The first-order valence-electron chi connectivity index (χ1n) is 16.5. The fourth-order valence-electron chi connectivity index (χ4n) is 6.97. The number of aliphatic imine (C=N–C) groups is 1. The molecule has 0 aliphatic carbocycles. The van der Waals surface area contributed by atoms with Gasteiger partial charge in [0.1, 0.15) is 12.0 Å². The summed E-state index contributed by atoms with van der Waals surface area (Å²) in [6.07, 6.45) is 0. The number of allylic oxidation sites excluding steroid dienone is 1. The molecule has 3 atom stereocenters. The summed E-state index contributed by atoms with van der Waals surface area (Å²) < 4.78 is 5.10. The number of amides is 2. The van der Waals surface area contributed by atoms with E-state index in [1.165, 1.54) is 36.4 Å². The van der Waals surface area contributed by atoms with Crippen LogP contribution in [0.2, 0.25) is 0 Å². The van der Waals surface area contributed by atoms with Crippen molar-refractivity contribution in [2.75, 3.05) is 33.3 Å². The third kappa shape index (κ3) is 7.62. The largest absolute Gasteiger partial charge is 0.468 e. The SMILES string of the molecule is COC(=O)C1C(C)=NC(C)=C(C(=O)NC(C(=O)N2CCN(C(c3ccccc3)c3ccccc3)CC2)C(C)C)C1c1cccc([N+](=O)[O-])c1. The Morgan fingerprint density at radius 2 is 1.49 bits per heavy atom. The number of carbonyl (C=O) groups excluding carboxylic acids is 3. The van der Waals surface area contributed by atoms with Crippen LogP contribution in [0.25, 0.3) is 0 Å². The van der Waals surface area contributed by atoms with Gasteiger partial charge in [-0.25, -0.2) is 0 Å². The predicted molar refractivity (Wildman–Crippen MR) is 187 cm³/mol. The fraction of sp³-hybridized carbons (Fsp3) is 0.368. The summed E-state index contributed by atoms with van der Waals surface area (Å²) in [5.41, 5.74) is 3.54. The number of non-ortho nitro benzene ring substituents is 1. The molecule has 1 fully saturated rings. The molecule has 2 amide bonds. The van der Waals surface area contributed by atoms with Crippen LogP contribution in [0.4, 0.5) is 5.69 Å². The minimum atomic E-state index is -0.986. The van der Waals surface area contributed by atoms with E-state index >= 15 is 0 Å². The number of nitro benzene ring substituents is 1. The number of hydrogen-bond acceptors (Lipinski definition) is 8. The van der Waals surface area contributed by atoms with Gasteiger partial charge in [-0.1, -0.05) is 86.6 Å². The Balaban J connectivity index is 1.38. The number of piperazine rings is 1. The molecule has 2 aliphatic heterocycles. The van der Waals surface area contributed by atoms with Crippen molar-refractivity contribution in [1.82, 2.24) is 15.1 Å². The number of rotatable bonds is 10. The zero-order valence-corrected chi connectivity index (χ0v) is 28.5. The molecule has 11 heteroatoms. The van der Waals surface area contributed by atoms with Crippen LogP contribution in [0, 0.1) is 22.0 Å². The van der Waals surface area contributed by atoms with Crippen LogP contribution in [0.15, 0.2) is 101 Å². The molecule has 3 unspecified atom stereocenters. The lowest BCUT2D eigenvalue weighted by Crippen LogP contribution is -2.57. The van der Waals surface area contributed by atoms with E-state index < -0.39 is 34.7 Å². The Kier molecular flexibility index (Phi) is 11.0. The van der Waals surface area contributed by atoms with Crippen molar-refractivity contribution in [2.45, 2.75) is 45.7 Å². The molecule has 2 aliphatic rings. The number of nitro groups is 1. The summed E-state index contributed by atoms with van der Waals surface area (Å²) in [5.74, 6) is -3.51. The first kappa shape index (κ1) is 35.2. The molecule has 2 heterocycles. The van der Waals surface area contributed by atoms with E-state index in [1.54, 1.807) is 24.8 Å². The summed E-state index contributed by atoms with van der Waals surface area (Å²) in [5, 5.41) is 14.6. The van der Waals surface area contributed by atoms with Crippen molar-refractivity contribution in [1.29, 1.82) is 0 Å². The molecule has 256 valence electrons. The lowest BCUT2D eigenvalue weighted by Gasteiger charge is -2.41. The number of benzene rings is 3. The van der Waals surface area contributed by atoms with E-state index in [0.717, 1.165) is 0 Å². The van der Waals surface area contributed by atoms with Crippen molar-refractivity contribution in [3.05, 3.63) is 123 Å². The second kappa shape index (κ2) is 15.4. The number of ether oxygens (including phenoxy) is 1. The zero-order valence-electron chi connectivity index (χ0n) is 28.5. The van der Waals surface area contributed by atoms with E-state index in [-0.39, 0.29) is 29.1 Å². The van der Waals surface area contributed by atoms with E-state index in [1.807, 2.05) is 50.2 Å². The zero-order chi connectivity index (χ0) is 35.2. The monoisotopic (exact) mass is 665 g/mol. The Morgan fingerprint density at radius 1 is 0.898 bits per heavy atom. The molecule has 0 bridgehead atoms. The lowest BCUT2D eigenvalue weighted by molar-refractivity contribution is -0.384. The highest BCUT2D eigenvalue weighted by Gasteiger charge is 2.43. The van der Waals surface area contributed by atoms with E-state index in [9.17, 15) is 24.5 Å². The Labute approximate surface area is 286 Å².